The van der Waals surface area contributed by atoms with Crippen molar-refractivity contribution in [3.05, 3.63) is 72.4 Å². The van der Waals surface area contributed by atoms with Crippen LogP contribution in [0.1, 0.15) is 32.8 Å². The van der Waals surface area contributed by atoms with Crippen molar-refractivity contribution < 1.29 is 14.3 Å². The predicted octanol–water partition coefficient (Wildman–Crippen LogP) is 5.03. The lowest BCUT2D eigenvalue weighted by molar-refractivity contribution is 0.0263. The topological polar surface area (TPSA) is 98.7 Å². The molecule has 1 amide bonds. The van der Waals surface area contributed by atoms with E-state index in [0.717, 1.165) is 46.7 Å². The number of pyridine rings is 1. The zero-order valence-corrected chi connectivity index (χ0v) is 22.1. The van der Waals surface area contributed by atoms with E-state index in [-0.39, 0.29) is 6.09 Å². The number of rotatable bonds is 5. The number of ether oxygens (including phenoxy) is 2. The maximum absolute atomic E-state index is 12.6. The highest BCUT2D eigenvalue weighted by Gasteiger charge is 2.25. The Morgan fingerprint density at radius 3 is 2.61 bits per heavy atom. The van der Waals surface area contributed by atoms with E-state index in [2.05, 4.69) is 15.0 Å². The van der Waals surface area contributed by atoms with E-state index < -0.39 is 5.60 Å². The molecule has 0 spiro atoms. The smallest absolute Gasteiger partial charge is 0.410 e. The maximum atomic E-state index is 12.6. The van der Waals surface area contributed by atoms with Gasteiger partial charge < -0.3 is 25.0 Å². The Kier molecular flexibility index (Phi) is 7.09. The number of carbonyl (C=O) groups excluding carboxylic acids is 1. The molecule has 0 radical (unpaired) electrons. The predicted molar refractivity (Wildman–Crippen MR) is 149 cm³/mol. The molecule has 2 aromatic heterocycles. The van der Waals surface area contributed by atoms with Crippen molar-refractivity contribution in [3.63, 3.8) is 0 Å². The Morgan fingerprint density at radius 1 is 1.00 bits per heavy atom. The largest absolute Gasteiger partial charge is 0.489 e. The molecule has 1 fully saturated rings. The molecular formula is C29H34N6O3. The van der Waals surface area contributed by atoms with Crippen molar-refractivity contribution in [1.82, 2.24) is 19.7 Å². The number of carbonyl (C=O) groups is 1. The zero-order valence-electron chi connectivity index (χ0n) is 22.1. The van der Waals surface area contributed by atoms with Crippen LogP contribution in [0.3, 0.4) is 0 Å². The summed E-state index contributed by atoms with van der Waals surface area (Å²) >= 11 is 0. The van der Waals surface area contributed by atoms with Crippen LogP contribution < -0.4 is 15.4 Å². The lowest BCUT2D eigenvalue weighted by atomic mass is 10.2. The van der Waals surface area contributed by atoms with Gasteiger partial charge >= 0.3 is 6.09 Å². The molecule has 198 valence electrons. The second-order valence-corrected chi connectivity index (χ2v) is 10.4. The van der Waals surface area contributed by atoms with Crippen LogP contribution in [-0.2, 0) is 11.3 Å². The van der Waals surface area contributed by atoms with Crippen LogP contribution in [0.2, 0.25) is 0 Å². The first kappa shape index (κ1) is 25.4. The average molecular weight is 515 g/mol. The molecule has 0 bridgehead atoms. The molecule has 0 saturated carbocycles. The lowest BCUT2D eigenvalue weighted by Gasteiger charge is -2.26. The van der Waals surface area contributed by atoms with Gasteiger partial charge in [-0.2, -0.15) is 0 Å². The number of nitrogens with zero attached hydrogens (tertiary/aromatic N) is 5. The van der Waals surface area contributed by atoms with E-state index in [1.807, 2.05) is 86.1 Å². The van der Waals surface area contributed by atoms with Gasteiger partial charge in [0.15, 0.2) is 5.82 Å². The fourth-order valence-electron chi connectivity index (χ4n) is 4.51. The SMILES string of the molecule is CC(C)(C)OC(=O)N1CCCN(c2cc(-n3nc(N)c4ccc(OCc5ccccc5)cc43)ccn2)CC1. The molecule has 1 aliphatic heterocycles. The summed E-state index contributed by atoms with van der Waals surface area (Å²) in [4.78, 5) is 21.2. The second-order valence-electron chi connectivity index (χ2n) is 10.4. The van der Waals surface area contributed by atoms with E-state index in [1.54, 1.807) is 11.1 Å². The molecule has 9 heteroatoms. The van der Waals surface area contributed by atoms with Gasteiger partial charge in [0.1, 0.15) is 23.8 Å². The normalized spacial score (nSPS) is 14.4. The van der Waals surface area contributed by atoms with Crippen molar-refractivity contribution in [1.29, 1.82) is 0 Å². The van der Waals surface area contributed by atoms with Crippen molar-refractivity contribution in [2.45, 2.75) is 39.4 Å². The van der Waals surface area contributed by atoms with Gasteiger partial charge in [-0.25, -0.2) is 14.5 Å². The van der Waals surface area contributed by atoms with Crippen LogP contribution >= 0.6 is 0 Å². The third-order valence-corrected chi connectivity index (χ3v) is 6.37. The summed E-state index contributed by atoms with van der Waals surface area (Å²) in [5, 5.41) is 5.48. The lowest BCUT2D eigenvalue weighted by Crippen LogP contribution is -2.39. The molecule has 1 saturated heterocycles. The number of aromatic nitrogens is 3. The molecule has 9 nitrogen and oxygen atoms in total. The molecule has 38 heavy (non-hydrogen) atoms. The van der Waals surface area contributed by atoms with E-state index in [4.69, 9.17) is 15.2 Å². The summed E-state index contributed by atoms with van der Waals surface area (Å²) in [6.45, 7) is 8.80. The minimum atomic E-state index is -0.514. The summed E-state index contributed by atoms with van der Waals surface area (Å²) in [5.74, 6) is 2.02. The molecule has 3 heterocycles. The number of nitrogen functional groups attached to an aromatic ring is 1. The highest BCUT2D eigenvalue weighted by Crippen LogP contribution is 2.29. The summed E-state index contributed by atoms with van der Waals surface area (Å²) in [7, 11) is 0. The Balaban J connectivity index is 1.35. The third kappa shape index (κ3) is 5.82. The van der Waals surface area contributed by atoms with Crippen molar-refractivity contribution in [2.75, 3.05) is 36.8 Å². The van der Waals surface area contributed by atoms with Gasteiger partial charge in [0.05, 0.1) is 11.2 Å². The van der Waals surface area contributed by atoms with Crippen molar-refractivity contribution in [3.8, 4) is 11.4 Å². The number of hydrogen-bond donors (Lipinski definition) is 1. The highest BCUT2D eigenvalue weighted by atomic mass is 16.6. The van der Waals surface area contributed by atoms with Crippen molar-refractivity contribution in [2.24, 2.45) is 0 Å². The Hall–Kier alpha value is -4.27. The maximum Gasteiger partial charge on any atom is 0.410 e. The quantitative estimate of drug-likeness (QED) is 0.399. The minimum Gasteiger partial charge on any atom is -0.489 e. The number of amides is 1. The van der Waals surface area contributed by atoms with Gasteiger partial charge in [-0.1, -0.05) is 30.3 Å². The zero-order chi connectivity index (χ0) is 26.7. The Morgan fingerprint density at radius 2 is 1.82 bits per heavy atom. The van der Waals surface area contributed by atoms with Gasteiger partial charge in [-0.3, -0.25) is 0 Å². The van der Waals surface area contributed by atoms with E-state index in [9.17, 15) is 4.79 Å². The summed E-state index contributed by atoms with van der Waals surface area (Å²) in [6, 6.07) is 19.8. The second kappa shape index (κ2) is 10.6. The monoisotopic (exact) mass is 514 g/mol. The molecule has 0 aliphatic carbocycles. The molecule has 2 aromatic carbocycles. The van der Waals surface area contributed by atoms with E-state index in [1.165, 1.54) is 0 Å². The first-order valence-electron chi connectivity index (χ1n) is 12.9. The van der Waals surface area contributed by atoms with Crippen LogP contribution in [0.5, 0.6) is 5.75 Å². The molecule has 2 N–H and O–H groups in total. The Bertz CT molecular complexity index is 1410. The first-order valence-corrected chi connectivity index (χ1v) is 12.9. The molecule has 1 aliphatic rings. The van der Waals surface area contributed by atoms with Crippen molar-refractivity contribution >= 4 is 28.6 Å². The summed E-state index contributed by atoms with van der Waals surface area (Å²) in [6.07, 6.45) is 2.33. The average Bonchev–Trinajstić information content (AvgIpc) is 3.06. The van der Waals surface area contributed by atoms with Crippen LogP contribution in [0.25, 0.3) is 16.6 Å². The van der Waals surface area contributed by atoms with E-state index in [0.29, 0.717) is 32.1 Å². The molecule has 0 atom stereocenters. The number of anilines is 2. The van der Waals surface area contributed by atoms with Crippen LogP contribution in [-0.4, -0.2) is 57.5 Å². The molecular weight excluding hydrogens is 480 g/mol. The summed E-state index contributed by atoms with van der Waals surface area (Å²) < 4.78 is 13.4. The van der Waals surface area contributed by atoms with Gasteiger partial charge in [0, 0.05) is 49.9 Å². The minimum absolute atomic E-state index is 0.273. The molecule has 5 rings (SSSR count). The van der Waals surface area contributed by atoms with Gasteiger partial charge in [0.2, 0.25) is 0 Å². The Labute approximate surface area is 222 Å². The van der Waals surface area contributed by atoms with Gasteiger partial charge in [-0.05, 0) is 51.0 Å². The third-order valence-electron chi connectivity index (χ3n) is 6.37. The fourth-order valence-corrected chi connectivity index (χ4v) is 4.51. The van der Waals surface area contributed by atoms with E-state index >= 15 is 0 Å². The van der Waals surface area contributed by atoms with Crippen LogP contribution in [0.15, 0.2) is 66.9 Å². The van der Waals surface area contributed by atoms with Crippen LogP contribution in [0, 0.1) is 0 Å². The number of hydrogen-bond acceptors (Lipinski definition) is 7. The fraction of sp³-hybridized carbons (Fsp3) is 0.345. The van der Waals surface area contributed by atoms with Gasteiger partial charge in [-0.15, -0.1) is 5.10 Å². The standard InChI is InChI=1S/C29H34N6O3/c1-29(2,3)38-28(36)34-15-7-14-33(16-17-34)26-18-22(12-13-31-26)35-25-19-23(10-11-24(25)27(30)32-35)37-20-21-8-5-4-6-9-21/h4-6,8-13,18-19H,7,14-17,20H2,1-3H3,(H2,30,32). The molecule has 4 aromatic rings. The number of nitrogens with two attached hydrogens (primary N) is 1. The highest BCUT2D eigenvalue weighted by molar-refractivity contribution is 5.91. The number of fused-ring (bicyclic) bond motifs is 1. The van der Waals surface area contributed by atoms with Gasteiger partial charge in [0.25, 0.3) is 0 Å². The van der Waals surface area contributed by atoms with Crippen LogP contribution in [0.4, 0.5) is 16.4 Å². The summed E-state index contributed by atoms with van der Waals surface area (Å²) in [5.41, 5.74) is 8.57. The molecule has 0 unspecified atom stereocenters. The number of benzene rings is 2. The first-order chi connectivity index (χ1) is 18.3.